The first-order valence-electron chi connectivity index (χ1n) is 6.00. The molecule has 0 unspecified atom stereocenters. The first-order valence-corrected chi connectivity index (χ1v) is 6.00. The highest BCUT2D eigenvalue weighted by molar-refractivity contribution is 5.92. The molecule has 0 N–H and O–H groups in total. The maximum atomic E-state index is 12.3. The van der Waals surface area contributed by atoms with E-state index in [0.29, 0.717) is 24.3 Å². The fourth-order valence-electron chi connectivity index (χ4n) is 2.23. The van der Waals surface area contributed by atoms with Crippen LogP contribution in [0.25, 0.3) is 0 Å². The predicted octanol–water partition coefficient (Wildman–Crippen LogP) is 2.11. The van der Waals surface area contributed by atoms with Crippen LogP contribution in [0.5, 0.6) is 0 Å². The Hall–Kier alpha value is -2.67. The van der Waals surface area contributed by atoms with E-state index in [1.54, 1.807) is 17.0 Å². The van der Waals surface area contributed by atoms with E-state index in [1.807, 2.05) is 30.3 Å². The van der Waals surface area contributed by atoms with E-state index < -0.39 is 0 Å². The molecule has 0 atom stereocenters. The van der Waals surface area contributed by atoms with Gasteiger partial charge in [-0.05, 0) is 23.3 Å². The summed E-state index contributed by atoms with van der Waals surface area (Å²) >= 11 is 0. The molecule has 19 heavy (non-hydrogen) atoms. The number of carbonyl (C=O) groups excluding carboxylic acids is 1. The Bertz CT molecular complexity index is 646. The van der Waals surface area contributed by atoms with Gasteiger partial charge in [-0.3, -0.25) is 4.79 Å². The summed E-state index contributed by atoms with van der Waals surface area (Å²) in [5, 5.41) is 8.71. The van der Waals surface area contributed by atoms with Crippen LogP contribution in [0.3, 0.4) is 0 Å². The Kier molecular flexibility index (Phi) is 2.73. The van der Waals surface area contributed by atoms with E-state index in [0.717, 1.165) is 0 Å². The van der Waals surface area contributed by atoms with Gasteiger partial charge in [-0.25, -0.2) is 4.98 Å². The highest BCUT2D eigenvalue weighted by Crippen LogP contribution is 2.23. The van der Waals surface area contributed by atoms with Crippen LogP contribution < -0.4 is 0 Å². The van der Waals surface area contributed by atoms with Crippen molar-refractivity contribution in [2.45, 2.75) is 13.1 Å². The standard InChI is InChI=1S/C15H11N3O/c16-7-11-5-6-14(17-8-11)15(19)18-9-12-3-1-2-4-13(12)10-18/h1-6,8H,9-10H2. The van der Waals surface area contributed by atoms with Gasteiger partial charge in [0.2, 0.25) is 0 Å². The summed E-state index contributed by atoms with van der Waals surface area (Å²) in [6, 6.07) is 13.2. The molecule has 3 rings (SSSR count). The van der Waals surface area contributed by atoms with Gasteiger partial charge < -0.3 is 4.90 Å². The van der Waals surface area contributed by atoms with Gasteiger partial charge in [0.05, 0.1) is 5.56 Å². The van der Waals surface area contributed by atoms with Crippen LogP contribution in [0.15, 0.2) is 42.6 Å². The van der Waals surface area contributed by atoms with E-state index in [2.05, 4.69) is 4.98 Å². The predicted molar refractivity (Wildman–Crippen MR) is 69.0 cm³/mol. The van der Waals surface area contributed by atoms with Gasteiger partial charge in [-0.1, -0.05) is 24.3 Å². The third-order valence-corrected chi connectivity index (χ3v) is 3.24. The number of nitriles is 1. The number of fused-ring (bicyclic) bond motifs is 1. The molecule has 2 heterocycles. The monoisotopic (exact) mass is 249 g/mol. The number of nitrogens with zero attached hydrogens (tertiary/aromatic N) is 3. The van der Waals surface area contributed by atoms with Crippen molar-refractivity contribution in [2.75, 3.05) is 0 Å². The number of rotatable bonds is 1. The zero-order valence-electron chi connectivity index (χ0n) is 10.2. The fourth-order valence-corrected chi connectivity index (χ4v) is 2.23. The van der Waals surface area contributed by atoms with Crippen LogP contribution in [0, 0.1) is 11.3 Å². The Balaban J connectivity index is 1.81. The minimum Gasteiger partial charge on any atom is -0.329 e. The summed E-state index contributed by atoms with van der Waals surface area (Å²) in [6.07, 6.45) is 1.43. The second-order valence-electron chi connectivity index (χ2n) is 4.47. The first kappa shape index (κ1) is 11.4. The summed E-state index contributed by atoms with van der Waals surface area (Å²) in [5.74, 6) is -0.0966. The third-order valence-electron chi connectivity index (χ3n) is 3.24. The van der Waals surface area contributed by atoms with Gasteiger partial charge >= 0.3 is 0 Å². The van der Waals surface area contributed by atoms with Crippen molar-refractivity contribution >= 4 is 5.91 Å². The molecule has 0 saturated heterocycles. The second kappa shape index (κ2) is 4.54. The van der Waals surface area contributed by atoms with Crippen molar-refractivity contribution in [1.82, 2.24) is 9.88 Å². The largest absolute Gasteiger partial charge is 0.329 e. The summed E-state index contributed by atoms with van der Waals surface area (Å²) in [4.78, 5) is 18.1. The molecule has 92 valence electrons. The Labute approximate surface area is 110 Å². The smallest absolute Gasteiger partial charge is 0.273 e. The molecule has 1 aromatic carbocycles. The number of aromatic nitrogens is 1. The number of benzene rings is 1. The first-order chi connectivity index (χ1) is 9.28. The molecule has 1 amide bonds. The van der Waals surface area contributed by atoms with Crippen molar-refractivity contribution in [3.8, 4) is 6.07 Å². The summed E-state index contributed by atoms with van der Waals surface area (Å²) in [7, 11) is 0. The third kappa shape index (κ3) is 2.06. The second-order valence-corrected chi connectivity index (χ2v) is 4.47. The lowest BCUT2D eigenvalue weighted by molar-refractivity contribution is 0.0745. The average Bonchev–Trinajstić information content (AvgIpc) is 2.90. The average molecular weight is 249 g/mol. The quantitative estimate of drug-likeness (QED) is 0.777. The lowest BCUT2D eigenvalue weighted by Crippen LogP contribution is -2.26. The van der Waals surface area contributed by atoms with E-state index >= 15 is 0 Å². The highest BCUT2D eigenvalue weighted by atomic mass is 16.2. The zero-order chi connectivity index (χ0) is 13.2. The molecule has 2 aromatic rings. The van der Waals surface area contributed by atoms with E-state index in [1.165, 1.54) is 17.3 Å². The van der Waals surface area contributed by atoms with Crippen molar-refractivity contribution in [1.29, 1.82) is 5.26 Å². The normalized spacial score (nSPS) is 12.9. The van der Waals surface area contributed by atoms with Crippen molar-refractivity contribution < 1.29 is 4.79 Å². The molecule has 1 aliphatic rings. The van der Waals surface area contributed by atoms with Gasteiger partial charge in [0.1, 0.15) is 11.8 Å². The molecule has 1 aliphatic heterocycles. The van der Waals surface area contributed by atoms with Crippen molar-refractivity contribution in [2.24, 2.45) is 0 Å². The number of amides is 1. The Morgan fingerprint density at radius 3 is 2.37 bits per heavy atom. The minimum absolute atomic E-state index is 0.0966. The minimum atomic E-state index is -0.0966. The topological polar surface area (TPSA) is 57.0 Å². The molecular weight excluding hydrogens is 238 g/mol. The molecule has 0 spiro atoms. The fraction of sp³-hybridized carbons (Fsp3) is 0.133. The van der Waals surface area contributed by atoms with Gasteiger partial charge in [0, 0.05) is 19.3 Å². The number of hydrogen-bond donors (Lipinski definition) is 0. The lowest BCUT2D eigenvalue weighted by atomic mass is 10.1. The van der Waals surface area contributed by atoms with Crippen LogP contribution in [0.1, 0.15) is 27.2 Å². The Morgan fingerprint density at radius 2 is 1.84 bits per heavy atom. The van der Waals surface area contributed by atoms with Crippen LogP contribution in [-0.2, 0) is 13.1 Å². The number of carbonyl (C=O) groups is 1. The zero-order valence-corrected chi connectivity index (χ0v) is 10.2. The van der Waals surface area contributed by atoms with Gasteiger partial charge in [0.15, 0.2) is 0 Å². The molecule has 4 heteroatoms. The van der Waals surface area contributed by atoms with E-state index in [9.17, 15) is 4.79 Å². The van der Waals surface area contributed by atoms with Gasteiger partial charge in [0.25, 0.3) is 5.91 Å². The molecule has 0 bridgehead atoms. The molecule has 4 nitrogen and oxygen atoms in total. The SMILES string of the molecule is N#Cc1ccc(C(=O)N2Cc3ccccc3C2)nc1. The van der Waals surface area contributed by atoms with Crippen LogP contribution in [0.2, 0.25) is 0 Å². The lowest BCUT2D eigenvalue weighted by Gasteiger charge is -2.14. The van der Waals surface area contributed by atoms with E-state index in [4.69, 9.17) is 5.26 Å². The number of hydrogen-bond acceptors (Lipinski definition) is 3. The van der Waals surface area contributed by atoms with Crippen molar-refractivity contribution in [3.63, 3.8) is 0 Å². The van der Waals surface area contributed by atoms with E-state index in [-0.39, 0.29) is 5.91 Å². The number of pyridine rings is 1. The summed E-state index contributed by atoms with van der Waals surface area (Å²) < 4.78 is 0. The van der Waals surface area contributed by atoms with Gasteiger partial charge in [-0.15, -0.1) is 0 Å². The van der Waals surface area contributed by atoms with Crippen LogP contribution in [-0.4, -0.2) is 15.8 Å². The maximum absolute atomic E-state index is 12.3. The molecule has 0 radical (unpaired) electrons. The van der Waals surface area contributed by atoms with Crippen molar-refractivity contribution in [3.05, 3.63) is 65.0 Å². The van der Waals surface area contributed by atoms with Crippen LogP contribution in [0.4, 0.5) is 0 Å². The molecule has 1 aromatic heterocycles. The molecule has 0 fully saturated rings. The summed E-state index contributed by atoms with van der Waals surface area (Å²) in [6.45, 7) is 1.24. The molecular formula is C15H11N3O. The molecule has 0 saturated carbocycles. The molecule has 0 aliphatic carbocycles. The summed E-state index contributed by atoms with van der Waals surface area (Å²) in [5.41, 5.74) is 3.21. The maximum Gasteiger partial charge on any atom is 0.273 e. The van der Waals surface area contributed by atoms with Gasteiger partial charge in [-0.2, -0.15) is 5.26 Å². The highest BCUT2D eigenvalue weighted by Gasteiger charge is 2.24. The Morgan fingerprint density at radius 1 is 1.16 bits per heavy atom. The van der Waals surface area contributed by atoms with Crippen LogP contribution >= 0.6 is 0 Å².